The lowest BCUT2D eigenvalue weighted by Gasteiger charge is -2.08. The molecule has 1 aliphatic carbocycles. The topological polar surface area (TPSA) is 50.9 Å². The van der Waals surface area contributed by atoms with Gasteiger partial charge in [-0.2, -0.15) is 0 Å². The molecule has 1 aromatic carbocycles. The maximum atomic E-state index is 13.5. The maximum Gasteiger partial charge on any atom is 0.164 e. The molecule has 1 saturated carbocycles. The molecule has 6 heteroatoms. The quantitative estimate of drug-likeness (QED) is 0.930. The lowest BCUT2D eigenvalue weighted by Crippen LogP contribution is -2.03. The van der Waals surface area contributed by atoms with Gasteiger partial charge in [0.15, 0.2) is 11.6 Å². The summed E-state index contributed by atoms with van der Waals surface area (Å²) in [6, 6.07) is 4.86. The van der Waals surface area contributed by atoms with Gasteiger partial charge in [0.05, 0.1) is 5.02 Å². The summed E-state index contributed by atoms with van der Waals surface area (Å²) >= 11 is 5.66. The highest BCUT2D eigenvalue weighted by Crippen LogP contribution is 2.39. The van der Waals surface area contributed by atoms with E-state index in [1.165, 1.54) is 12.1 Å². The Balaban J connectivity index is 2.10. The summed E-state index contributed by atoms with van der Waals surface area (Å²) in [5.74, 6) is 0.616. The van der Waals surface area contributed by atoms with Crippen molar-refractivity contribution in [2.75, 3.05) is 0 Å². The van der Waals surface area contributed by atoms with Gasteiger partial charge in [-0.1, -0.05) is 11.6 Å². The number of aliphatic hydroxyl groups is 1. The molecule has 0 spiro atoms. The fourth-order valence-corrected chi connectivity index (χ4v) is 2.10. The maximum absolute atomic E-state index is 13.5. The summed E-state index contributed by atoms with van der Waals surface area (Å²) in [6.45, 7) is -0.167. The second kappa shape index (κ2) is 4.33. The summed E-state index contributed by atoms with van der Waals surface area (Å²) in [6.07, 6.45) is 2.07. The van der Waals surface area contributed by atoms with Crippen LogP contribution in [0.4, 0.5) is 4.39 Å². The van der Waals surface area contributed by atoms with E-state index in [-0.39, 0.29) is 11.6 Å². The van der Waals surface area contributed by atoms with Crippen LogP contribution < -0.4 is 0 Å². The van der Waals surface area contributed by atoms with Crippen molar-refractivity contribution < 1.29 is 9.50 Å². The number of rotatable bonds is 3. The van der Waals surface area contributed by atoms with Crippen LogP contribution in [0.15, 0.2) is 18.2 Å². The van der Waals surface area contributed by atoms with E-state index in [2.05, 4.69) is 10.2 Å². The van der Waals surface area contributed by atoms with Gasteiger partial charge < -0.3 is 9.67 Å². The van der Waals surface area contributed by atoms with Gasteiger partial charge in [0, 0.05) is 11.6 Å². The molecule has 0 radical (unpaired) electrons. The molecular weight excluding hydrogens is 257 g/mol. The molecule has 94 valence electrons. The SMILES string of the molecule is OCc1nnc(-c2ccc(Cl)c(F)c2)n1C1CC1. The highest BCUT2D eigenvalue weighted by Gasteiger charge is 2.29. The third-order valence-electron chi connectivity index (χ3n) is 3.00. The van der Waals surface area contributed by atoms with E-state index in [0.29, 0.717) is 23.3 Å². The normalized spacial score (nSPS) is 15.1. The number of aliphatic hydroxyl groups excluding tert-OH is 1. The van der Waals surface area contributed by atoms with Crippen LogP contribution in [-0.2, 0) is 6.61 Å². The van der Waals surface area contributed by atoms with E-state index in [0.717, 1.165) is 12.8 Å². The van der Waals surface area contributed by atoms with Crippen LogP contribution in [0.3, 0.4) is 0 Å². The first-order chi connectivity index (χ1) is 8.70. The zero-order valence-electron chi connectivity index (χ0n) is 9.48. The van der Waals surface area contributed by atoms with Gasteiger partial charge >= 0.3 is 0 Å². The average Bonchev–Trinajstić information content (AvgIpc) is 3.12. The Hall–Kier alpha value is -1.46. The van der Waals surface area contributed by atoms with Gasteiger partial charge in [-0.15, -0.1) is 10.2 Å². The lowest BCUT2D eigenvalue weighted by atomic mass is 10.2. The zero-order valence-corrected chi connectivity index (χ0v) is 10.2. The fraction of sp³-hybridized carbons (Fsp3) is 0.333. The van der Waals surface area contributed by atoms with Crippen molar-refractivity contribution in [3.8, 4) is 11.4 Å². The third-order valence-corrected chi connectivity index (χ3v) is 3.30. The molecule has 0 unspecified atom stereocenters. The van der Waals surface area contributed by atoms with Crippen molar-refractivity contribution in [3.05, 3.63) is 34.9 Å². The predicted molar refractivity (Wildman–Crippen MR) is 64.6 cm³/mol. The number of aromatic nitrogens is 3. The molecule has 1 N–H and O–H groups in total. The minimum Gasteiger partial charge on any atom is -0.388 e. The van der Waals surface area contributed by atoms with E-state index in [1.54, 1.807) is 6.07 Å². The van der Waals surface area contributed by atoms with Crippen LogP contribution in [0.2, 0.25) is 5.02 Å². The Kier molecular flexibility index (Phi) is 2.80. The molecule has 0 atom stereocenters. The van der Waals surface area contributed by atoms with Gasteiger partial charge in [-0.25, -0.2) is 4.39 Å². The van der Waals surface area contributed by atoms with E-state index in [4.69, 9.17) is 11.6 Å². The molecule has 4 nitrogen and oxygen atoms in total. The summed E-state index contributed by atoms with van der Waals surface area (Å²) in [4.78, 5) is 0. The molecular formula is C12H11ClFN3O. The van der Waals surface area contributed by atoms with Crippen LogP contribution >= 0.6 is 11.6 Å². The largest absolute Gasteiger partial charge is 0.388 e. The minimum absolute atomic E-state index is 0.0821. The molecule has 0 saturated heterocycles. The van der Waals surface area contributed by atoms with E-state index >= 15 is 0 Å². The predicted octanol–water partition coefficient (Wildman–Crippen LogP) is 2.56. The molecule has 18 heavy (non-hydrogen) atoms. The van der Waals surface area contributed by atoms with Crippen LogP contribution in [-0.4, -0.2) is 19.9 Å². The Labute approximate surface area is 108 Å². The molecule has 2 aromatic rings. The molecule has 1 heterocycles. The molecule has 0 bridgehead atoms. The molecule has 0 amide bonds. The molecule has 1 aliphatic rings. The monoisotopic (exact) mass is 267 g/mol. The van der Waals surface area contributed by atoms with Crippen molar-refractivity contribution in [3.63, 3.8) is 0 Å². The van der Waals surface area contributed by atoms with Crippen molar-refractivity contribution >= 4 is 11.6 Å². The highest BCUT2D eigenvalue weighted by atomic mass is 35.5. The third kappa shape index (κ3) is 1.89. The Morgan fingerprint density at radius 2 is 2.17 bits per heavy atom. The molecule has 1 fully saturated rings. The van der Waals surface area contributed by atoms with Gasteiger partial charge in [0.2, 0.25) is 0 Å². The van der Waals surface area contributed by atoms with Crippen LogP contribution in [0.1, 0.15) is 24.7 Å². The fourth-order valence-electron chi connectivity index (χ4n) is 1.98. The number of hydrogen-bond donors (Lipinski definition) is 1. The first-order valence-corrected chi connectivity index (χ1v) is 6.08. The minimum atomic E-state index is -0.481. The van der Waals surface area contributed by atoms with Gasteiger partial charge in [-0.05, 0) is 31.0 Å². The number of benzene rings is 1. The summed E-state index contributed by atoms with van der Waals surface area (Å²) in [5, 5.41) is 17.3. The Morgan fingerprint density at radius 3 is 2.78 bits per heavy atom. The van der Waals surface area contributed by atoms with Crippen molar-refractivity contribution in [1.29, 1.82) is 0 Å². The summed E-state index contributed by atoms with van der Waals surface area (Å²) in [7, 11) is 0. The van der Waals surface area contributed by atoms with Crippen LogP contribution in [0, 0.1) is 5.82 Å². The standard InChI is InChI=1S/C12H11ClFN3O/c13-9-4-1-7(5-10(9)14)12-16-15-11(6-18)17(12)8-2-3-8/h1,4-5,8,18H,2-3,6H2. The molecule has 3 rings (SSSR count). The highest BCUT2D eigenvalue weighted by molar-refractivity contribution is 6.30. The number of halogens is 2. The smallest absolute Gasteiger partial charge is 0.164 e. The van der Waals surface area contributed by atoms with Gasteiger partial charge in [0.25, 0.3) is 0 Å². The van der Waals surface area contributed by atoms with Crippen molar-refractivity contribution in [2.45, 2.75) is 25.5 Å². The van der Waals surface area contributed by atoms with E-state index < -0.39 is 5.82 Å². The number of hydrogen-bond acceptors (Lipinski definition) is 3. The van der Waals surface area contributed by atoms with Crippen molar-refractivity contribution in [1.82, 2.24) is 14.8 Å². The van der Waals surface area contributed by atoms with Gasteiger partial charge in [-0.3, -0.25) is 0 Å². The Morgan fingerprint density at radius 1 is 1.39 bits per heavy atom. The first-order valence-electron chi connectivity index (χ1n) is 5.70. The van der Waals surface area contributed by atoms with Crippen molar-refractivity contribution in [2.24, 2.45) is 0 Å². The van der Waals surface area contributed by atoms with E-state index in [1.807, 2.05) is 4.57 Å². The van der Waals surface area contributed by atoms with Gasteiger partial charge in [0.1, 0.15) is 12.4 Å². The average molecular weight is 268 g/mol. The molecule has 0 aliphatic heterocycles. The summed E-state index contributed by atoms with van der Waals surface area (Å²) in [5.41, 5.74) is 0.621. The summed E-state index contributed by atoms with van der Waals surface area (Å²) < 4.78 is 15.3. The van der Waals surface area contributed by atoms with E-state index in [9.17, 15) is 9.50 Å². The Bertz CT molecular complexity index is 595. The number of nitrogens with zero attached hydrogens (tertiary/aromatic N) is 3. The van der Waals surface area contributed by atoms with Crippen LogP contribution in [0.25, 0.3) is 11.4 Å². The lowest BCUT2D eigenvalue weighted by molar-refractivity contribution is 0.265. The first kappa shape index (κ1) is 11.6. The second-order valence-electron chi connectivity index (χ2n) is 4.33. The molecule has 1 aromatic heterocycles. The second-order valence-corrected chi connectivity index (χ2v) is 4.74. The zero-order chi connectivity index (χ0) is 12.7. The van der Waals surface area contributed by atoms with Crippen LogP contribution in [0.5, 0.6) is 0 Å².